The molecule has 2 aromatic rings. The topological polar surface area (TPSA) is 62.5 Å². The number of hydrogen-bond acceptors (Lipinski definition) is 3. The van der Waals surface area contributed by atoms with E-state index >= 15 is 0 Å². The Bertz CT molecular complexity index is 702. The van der Waals surface area contributed by atoms with Crippen LogP contribution in [0, 0.1) is 6.92 Å². The van der Waals surface area contributed by atoms with Crippen LogP contribution >= 0.6 is 0 Å². The Balaban J connectivity index is 1.56. The average molecular weight is 313 g/mol. The number of rotatable bonds is 5. The van der Waals surface area contributed by atoms with Crippen LogP contribution in [0.1, 0.15) is 48.3 Å². The standard InChI is InChI=1S/C19H23NO3/c1-13-7-10-17(23-13)19(2,22)12-20-18(21)11-15-9-8-14-5-3-4-6-16(14)15/h3-7,10,15,22H,8-9,11-12H2,1-2H3,(H,20,21). The number of benzene rings is 1. The van der Waals surface area contributed by atoms with E-state index in [1.807, 2.05) is 19.1 Å². The van der Waals surface area contributed by atoms with Crippen molar-refractivity contribution in [3.8, 4) is 0 Å². The van der Waals surface area contributed by atoms with Gasteiger partial charge in [-0.15, -0.1) is 0 Å². The van der Waals surface area contributed by atoms with Crippen LogP contribution in [0.4, 0.5) is 0 Å². The molecule has 2 N–H and O–H groups in total. The summed E-state index contributed by atoms with van der Waals surface area (Å²) in [4.78, 5) is 12.2. The molecule has 0 fully saturated rings. The molecule has 1 aromatic heterocycles. The van der Waals surface area contributed by atoms with Crippen LogP contribution in [0.25, 0.3) is 0 Å². The summed E-state index contributed by atoms with van der Waals surface area (Å²) in [6, 6.07) is 11.9. The molecule has 1 amide bonds. The molecule has 0 saturated carbocycles. The van der Waals surface area contributed by atoms with E-state index in [-0.39, 0.29) is 18.4 Å². The Morgan fingerprint density at radius 1 is 1.35 bits per heavy atom. The fraction of sp³-hybridized carbons (Fsp3) is 0.421. The van der Waals surface area contributed by atoms with Crippen molar-refractivity contribution in [2.75, 3.05) is 6.54 Å². The van der Waals surface area contributed by atoms with Crippen LogP contribution in [0.15, 0.2) is 40.8 Å². The lowest BCUT2D eigenvalue weighted by molar-refractivity contribution is -0.122. The van der Waals surface area contributed by atoms with Crippen molar-refractivity contribution >= 4 is 5.91 Å². The van der Waals surface area contributed by atoms with Crippen LogP contribution < -0.4 is 5.32 Å². The molecule has 4 heteroatoms. The lowest BCUT2D eigenvalue weighted by Gasteiger charge is -2.22. The first-order chi connectivity index (χ1) is 11.0. The van der Waals surface area contributed by atoms with Gasteiger partial charge in [0.1, 0.15) is 17.1 Å². The van der Waals surface area contributed by atoms with E-state index in [4.69, 9.17) is 4.42 Å². The van der Waals surface area contributed by atoms with Gasteiger partial charge >= 0.3 is 0 Å². The molecule has 0 bridgehead atoms. The van der Waals surface area contributed by atoms with Gasteiger partial charge in [-0.2, -0.15) is 0 Å². The van der Waals surface area contributed by atoms with Gasteiger partial charge in [-0.1, -0.05) is 24.3 Å². The van der Waals surface area contributed by atoms with Gasteiger partial charge in [0.15, 0.2) is 0 Å². The Morgan fingerprint density at radius 3 is 2.87 bits per heavy atom. The van der Waals surface area contributed by atoms with Crippen molar-refractivity contribution < 1.29 is 14.3 Å². The fourth-order valence-electron chi connectivity index (χ4n) is 3.24. The highest BCUT2D eigenvalue weighted by molar-refractivity contribution is 5.77. The van der Waals surface area contributed by atoms with E-state index in [9.17, 15) is 9.90 Å². The van der Waals surface area contributed by atoms with Gasteiger partial charge in [0.25, 0.3) is 0 Å². The van der Waals surface area contributed by atoms with Crippen LogP contribution in [0.2, 0.25) is 0 Å². The maximum atomic E-state index is 12.2. The molecule has 0 spiro atoms. The van der Waals surface area contributed by atoms with Gasteiger partial charge in [-0.25, -0.2) is 0 Å². The van der Waals surface area contributed by atoms with Crippen LogP contribution in [0.3, 0.4) is 0 Å². The summed E-state index contributed by atoms with van der Waals surface area (Å²) in [5.74, 6) is 1.47. The lowest BCUT2D eigenvalue weighted by atomic mass is 9.97. The highest BCUT2D eigenvalue weighted by Crippen LogP contribution is 2.35. The predicted molar refractivity (Wildman–Crippen MR) is 88.1 cm³/mol. The lowest BCUT2D eigenvalue weighted by Crippen LogP contribution is -2.38. The van der Waals surface area contributed by atoms with Crippen molar-refractivity contribution in [3.63, 3.8) is 0 Å². The average Bonchev–Trinajstić information content (AvgIpc) is 3.13. The number of fused-ring (bicyclic) bond motifs is 1. The Hall–Kier alpha value is -2.07. The molecule has 1 aliphatic carbocycles. The molecule has 1 aromatic carbocycles. The zero-order valence-electron chi connectivity index (χ0n) is 13.6. The van der Waals surface area contributed by atoms with E-state index < -0.39 is 5.60 Å². The minimum absolute atomic E-state index is 0.0322. The third kappa shape index (κ3) is 3.48. The molecule has 122 valence electrons. The van der Waals surface area contributed by atoms with E-state index in [1.54, 1.807) is 19.1 Å². The largest absolute Gasteiger partial charge is 0.463 e. The summed E-state index contributed by atoms with van der Waals surface area (Å²) in [6.07, 6.45) is 2.52. The SMILES string of the molecule is Cc1ccc(C(C)(O)CNC(=O)CC2CCc3ccccc32)o1. The molecule has 2 atom stereocenters. The minimum atomic E-state index is -1.20. The number of hydrogen-bond donors (Lipinski definition) is 2. The Labute approximate surface area is 136 Å². The van der Waals surface area contributed by atoms with Gasteiger partial charge in [-0.3, -0.25) is 4.79 Å². The Kier molecular flexibility index (Phi) is 4.26. The van der Waals surface area contributed by atoms with Crippen molar-refractivity contribution in [1.29, 1.82) is 0 Å². The number of carbonyl (C=O) groups is 1. The molecule has 4 nitrogen and oxygen atoms in total. The second kappa shape index (κ2) is 6.20. The quantitative estimate of drug-likeness (QED) is 0.892. The Morgan fingerprint density at radius 2 is 2.13 bits per heavy atom. The highest BCUT2D eigenvalue weighted by Gasteiger charge is 2.29. The molecule has 1 heterocycles. The first-order valence-corrected chi connectivity index (χ1v) is 8.09. The molecular weight excluding hydrogens is 290 g/mol. The molecule has 1 aliphatic rings. The second-order valence-electron chi connectivity index (χ2n) is 6.60. The third-order valence-electron chi connectivity index (χ3n) is 4.59. The van der Waals surface area contributed by atoms with Gasteiger partial charge in [0, 0.05) is 6.42 Å². The molecule has 0 saturated heterocycles. The van der Waals surface area contributed by atoms with Crippen LogP contribution in [-0.2, 0) is 16.8 Å². The number of carbonyl (C=O) groups excluding carboxylic acids is 1. The number of aliphatic hydroxyl groups is 1. The first kappa shape index (κ1) is 15.8. The summed E-state index contributed by atoms with van der Waals surface area (Å²) >= 11 is 0. The maximum absolute atomic E-state index is 12.2. The van der Waals surface area contributed by atoms with Crippen molar-refractivity contribution in [2.45, 2.75) is 44.6 Å². The number of aryl methyl sites for hydroxylation is 2. The monoisotopic (exact) mass is 313 g/mol. The summed E-state index contributed by atoms with van der Waals surface area (Å²) in [5.41, 5.74) is 1.44. The summed E-state index contributed by atoms with van der Waals surface area (Å²) in [7, 11) is 0. The fourth-order valence-corrected chi connectivity index (χ4v) is 3.24. The van der Waals surface area contributed by atoms with Crippen LogP contribution in [-0.4, -0.2) is 17.6 Å². The molecule has 3 rings (SSSR count). The second-order valence-corrected chi connectivity index (χ2v) is 6.60. The maximum Gasteiger partial charge on any atom is 0.220 e. The zero-order valence-corrected chi connectivity index (χ0v) is 13.6. The molecule has 23 heavy (non-hydrogen) atoms. The van der Waals surface area contributed by atoms with Gasteiger partial charge in [-0.05, 0) is 55.9 Å². The van der Waals surface area contributed by atoms with Crippen molar-refractivity contribution in [2.24, 2.45) is 0 Å². The number of amides is 1. The summed E-state index contributed by atoms with van der Waals surface area (Å²) in [6.45, 7) is 3.62. The molecule has 2 unspecified atom stereocenters. The van der Waals surface area contributed by atoms with Crippen molar-refractivity contribution in [3.05, 3.63) is 59.0 Å². The molecule has 0 radical (unpaired) electrons. The van der Waals surface area contributed by atoms with E-state index in [0.29, 0.717) is 12.2 Å². The van der Waals surface area contributed by atoms with Gasteiger partial charge in [0.05, 0.1) is 6.54 Å². The summed E-state index contributed by atoms with van der Waals surface area (Å²) < 4.78 is 5.46. The molecular formula is C19H23NO3. The minimum Gasteiger partial charge on any atom is -0.463 e. The van der Waals surface area contributed by atoms with Gasteiger partial charge < -0.3 is 14.8 Å². The number of nitrogens with one attached hydrogen (secondary N) is 1. The smallest absolute Gasteiger partial charge is 0.220 e. The predicted octanol–water partition coefficient (Wildman–Crippen LogP) is 3.03. The van der Waals surface area contributed by atoms with E-state index in [2.05, 4.69) is 17.4 Å². The zero-order chi connectivity index (χ0) is 16.4. The van der Waals surface area contributed by atoms with Gasteiger partial charge in [0.2, 0.25) is 5.91 Å². The normalized spacial score (nSPS) is 19.2. The van der Waals surface area contributed by atoms with Crippen molar-refractivity contribution in [1.82, 2.24) is 5.32 Å². The first-order valence-electron chi connectivity index (χ1n) is 8.09. The van der Waals surface area contributed by atoms with Crippen LogP contribution in [0.5, 0.6) is 0 Å². The summed E-state index contributed by atoms with van der Waals surface area (Å²) in [5, 5.41) is 13.3. The third-order valence-corrected chi connectivity index (χ3v) is 4.59. The molecule has 0 aliphatic heterocycles. The highest BCUT2D eigenvalue weighted by atomic mass is 16.4. The van der Waals surface area contributed by atoms with E-state index in [0.717, 1.165) is 18.6 Å². The number of furan rings is 1. The van der Waals surface area contributed by atoms with E-state index in [1.165, 1.54) is 11.1 Å².